The maximum atomic E-state index is 11.9. The average Bonchev–Trinajstić information content (AvgIpc) is 2.85. The van der Waals surface area contributed by atoms with E-state index in [2.05, 4.69) is 20.8 Å². The van der Waals surface area contributed by atoms with Crippen molar-refractivity contribution in [3.63, 3.8) is 0 Å². The molecule has 0 aliphatic carbocycles. The Labute approximate surface area is 125 Å². The van der Waals surface area contributed by atoms with Crippen molar-refractivity contribution in [2.24, 2.45) is 0 Å². The largest absolute Gasteiger partial charge is 0.325 e. The number of aromatic nitrogens is 2. The van der Waals surface area contributed by atoms with Crippen molar-refractivity contribution in [1.29, 1.82) is 0 Å². The van der Waals surface area contributed by atoms with E-state index < -0.39 is 11.6 Å². The van der Waals surface area contributed by atoms with Crippen molar-refractivity contribution in [2.45, 2.75) is 39.2 Å². The zero-order chi connectivity index (χ0) is 15.6. The number of nitrogens with zero attached hydrogens (tertiary/aromatic N) is 3. The van der Waals surface area contributed by atoms with Gasteiger partial charge in [-0.15, -0.1) is 10.2 Å². The van der Waals surface area contributed by atoms with Gasteiger partial charge >= 0.3 is 6.03 Å². The highest BCUT2D eigenvalue weighted by atomic mass is 32.1. The molecule has 0 spiro atoms. The molecule has 0 saturated carbocycles. The summed E-state index contributed by atoms with van der Waals surface area (Å²) in [7, 11) is 0. The molecule has 9 heteroatoms. The third kappa shape index (κ3) is 3.54. The fraction of sp³-hybridized carbons (Fsp3) is 0.583. The number of nitrogens with one attached hydrogen (secondary N) is 2. The molecule has 1 aliphatic rings. The summed E-state index contributed by atoms with van der Waals surface area (Å²) in [6.07, 6.45) is 0.606. The normalized spacial score (nSPS) is 17.0. The van der Waals surface area contributed by atoms with Crippen LogP contribution in [0.1, 0.15) is 31.7 Å². The molecule has 2 rings (SSSR count). The fourth-order valence-electron chi connectivity index (χ4n) is 1.95. The van der Waals surface area contributed by atoms with E-state index in [1.165, 1.54) is 11.3 Å². The highest BCUT2D eigenvalue weighted by molar-refractivity contribution is 7.15. The first kappa shape index (κ1) is 15.4. The van der Waals surface area contributed by atoms with Crippen LogP contribution in [0.3, 0.4) is 0 Å². The lowest BCUT2D eigenvalue weighted by Crippen LogP contribution is -2.40. The van der Waals surface area contributed by atoms with E-state index >= 15 is 0 Å². The molecule has 0 atom stereocenters. The Hall–Kier alpha value is -2.03. The molecule has 0 bridgehead atoms. The lowest BCUT2D eigenvalue weighted by Gasteiger charge is -2.15. The standard InChI is InChI=1S/C12H17N5O3S/c1-7-15-16-10(21-7)13-8(18)5-4-6-17-9(19)12(2,3)14-11(17)20/h4-6H2,1-3H3,(H,14,20)(H,13,16,18). The first-order valence-electron chi connectivity index (χ1n) is 6.53. The summed E-state index contributed by atoms with van der Waals surface area (Å²) in [4.78, 5) is 36.4. The number of carbonyl (C=O) groups excluding carboxylic acids is 3. The summed E-state index contributed by atoms with van der Waals surface area (Å²) in [5, 5.41) is 14.0. The summed E-state index contributed by atoms with van der Waals surface area (Å²) in [5.74, 6) is -0.481. The molecule has 0 radical (unpaired) electrons. The summed E-state index contributed by atoms with van der Waals surface area (Å²) >= 11 is 1.29. The summed E-state index contributed by atoms with van der Waals surface area (Å²) < 4.78 is 0. The molecular weight excluding hydrogens is 294 g/mol. The van der Waals surface area contributed by atoms with Crippen LogP contribution in [-0.2, 0) is 9.59 Å². The van der Waals surface area contributed by atoms with Crippen LogP contribution in [0.5, 0.6) is 0 Å². The molecule has 114 valence electrons. The molecule has 1 saturated heterocycles. The molecule has 2 N–H and O–H groups in total. The van der Waals surface area contributed by atoms with Crippen molar-refractivity contribution >= 4 is 34.3 Å². The van der Waals surface area contributed by atoms with Gasteiger partial charge in [-0.05, 0) is 27.2 Å². The predicted molar refractivity (Wildman–Crippen MR) is 76.8 cm³/mol. The number of carbonyl (C=O) groups is 3. The smallest absolute Gasteiger partial charge is 0.324 e. The zero-order valence-electron chi connectivity index (χ0n) is 12.1. The number of imide groups is 1. The van der Waals surface area contributed by atoms with E-state index in [1.54, 1.807) is 20.8 Å². The predicted octanol–water partition coefficient (Wildman–Crippen LogP) is 0.896. The Kier molecular flexibility index (Phi) is 4.21. The molecule has 2 heterocycles. The van der Waals surface area contributed by atoms with Crippen LogP contribution in [0.15, 0.2) is 0 Å². The second-order valence-corrected chi connectivity index (χ2v) is 6.47. The topological polar surface area (TPSA) is 104 Å². The monoisotopic (exact) mass is 311 g/mol. The van der Waals surface area contributed by atoms with Crippen LogP contribution >= 0.6 is 11.3 Å². The molecule has 0 aromatic carbocycles. The number of hydrogen-bond donors (Lipinski definition) is 2. The van der Waals surface area contributed by atoms with Gasteiger partial charge in [0.05, 0.1) is 0 Å². The quantitative estimate of drug-likeness (QED) is 0.786. The van der Waals surface area contributed by atoms with Crippen LogP contribution < -0.4 is 10.6 Å². The van der Waals surface area contributed by atoms with Gasteiger partial charge in [-0.3, -0.25) is 14.5 Å². The van der Waals surface area contributed by atoms with Crippen molar-refractivity contribution in [3.8, 4) is 0 Å². The Bertz CT molecular complexity index is 583. The zero-order valence-corrected chi connectivity index (χ0v) is 12.9. The molecule has 1 aromatic rings. The number of anilines is 1. The molecular formula is C12H17N5O3S. The molecule has 8 nitrogen and oxygen atoms in total. The minimum atomic E-state index is -0.872. The van der Waals surface area contributed by atoms with Crippen molar-refractivity contribution in [1.82, 2.24) is 20.4 Å². The van der Waals surface area contributed by atoms with Crippen LogP contribution in [0.4, 0.5) is 9.93 Å². The number of amides is 4. The number of aryl methyl sites for hydroxylation is 1. The SMILES string of the molecule is Cc1nnc(NC(=O)CCCN2C(=O)NC(C)(C)C2=O)s1. The molecule has 1 aliphatic heterocycles. The average molecular weight is 311 g/mol. The Balaban J connectivity index is 1.78. The van der Waals surface area contributed by atoms with Gasteiger partial charge in [-0.2, -0.15) is 0 Å². The van der Waals surface area contributed by atoms with Gasteiger partial charge in [-0.1, -0.05) is 11.3 Å². The van der Waals surface area contributed by atoms with Crippen LogP contribution in [0.2, 0.25) is 0 Å². The molecule has 1 fully saturated rings. The van der Waals surface area contributed by atoms with Gasteiger partial charge in [0.1, 0.15) is 10.5 Å². The van der Waals surface area contributed by atoms with Crippen LogP contribution in [0.25, 0.3) is 0 Å². The number of hydrogen-bond acceptors (Lipinski definition) is 6. The van der Waals surface area contributed by atoms with Crippen LogP contribution in [-0.4, -0.2) is 45.0 Å². The van der Waals surface area contributed by atoms with E-state index in [-0.39, 0.29) is 24.8 Å². The van der Waals surface area contributed by atoms with E-state index in [9.17, 15) is 14.4 Å². The molecule has 4 amide bonds. The van der Waals surface area contributed by atoms with Gasteiger partial charge in [0.15, 0.2) is 0 Å². The maximum absolute atomic E-state index is 11.9. The van der Waals surface area contributed by atoms with Crippen molar-refractivity contribution < 1.29 is 14.4 Å². The second kappa shape index (κ2) is 5.76. The van der Waals surface area contributed by atoms with Gasteiger partial charge in [0.25, 0.3) is 5.91 Å². The second-order valence-electron chi connectivity index (χ2n) is 5.29. The Morgan fingerprint density at radius 1 is 1.38 bits per heavy atom. The third-order valence-corrected chi connectivity index (χ3v) is 3.76. The first-order valence-corrected chi connectivity index (χ1v) is 7.35. The summed E-state index contributed by atoms with van der Waals surface area (Å²) in [6.45, 7) is 5.32. The van der Waals surface area contributed by atoms with Crippen molar-refractivity contribution in [3.05, 3.63) is 5.01 Å². The number of urea groups is 1. The van der Waals surface area contributed by atoms with Gasteiger partial charge in [0.2, 0.25) is 11.0 Å². The highest BCUT2D eigenvalue weighted by Crippen LogP contribution is 2.17. The minimum absolute atomic E-state index is 0.204. The van der Waals surface area contributed by atoms with Crippen LogP contribution in [0, 0.1) is 6.92 Å². The lowest BCUT2D eigenvalue weighted by molar-refractivity contribution is -0.130. The van der Waals surface area contributed by atoms with E-state index in [0.717, 1.165) is 9.91 Å². The minimum Gasteiger partial charge on any atom is -0.324 e. The maximum Gasteiger partial charge on any atom is 0.325 e. The lowest BCUT2D eigenvalue weighted by atomic mass is 10.1. The van der Waals surface area contributed by atoms with E-state index in [1.807, 2.05) is 0 Å². The Morgan fingerprint density at radius 2 is 2.10 bits per heavy atom. The van der Waals surface area contributed by atoms with Gasteiger partial charge < -0.3 is 10.6 Å². The molecule has 1 aromatic heterocycles. The molecule has 0 unspecified atom stereocenters. The van der Waals surface area contributed by atoms with Crippen molar-refractivity contribution in [2.75, 3.05) is 11.9 Å². The van der Waals surface area contributed by atoms with Gasteiger partial charge in [0, 0.05) is 13.0 Å². The summed E-state index contributed by atoms with van der Waals surface area (Å²) in [5.41, 5.74) is -0.872. The Morgan fingerprint density at radius 3 is 2.62 bits per heavy atom. The molecule has 21 heavy (non-hydrogen) atoms. The third-order valence-electron chi connectivity index (χ3n) is 3.00. The fourth-order valence-corrected chi connectivity index (χ4v) is 2.56. The van der Waals surface area contributed by atoms with Gasteiger partial charge in [-0.25, -0.2) is 4.79 Å². The summed E-state index contributed by atoms with van der Waals surface area (Å²) in [6, 6.07) is -0.412. The van der Waals surface area contributed by atoms with E-state index in [4.69, 9.17) is 0 Å². The first-order chi connectivity index (χ1) is 9.79. The highest BCUT2D eigenvalue weighted by Gasteiger charge is 2.43. The number of rotatable bonds is 5. The van der Waals surface area contributed by atoms with E-state index in [0.29, 0.717) is 11.6 Å².